The number of Topliss-reactive ketones (excluding diaryl/α,β-unsaturated/α-hetero) is 2. The molecular weight excluding hydrogens is 360 g/mol. The summed E-state index contributed by atoms with van der Waals surface area (Å²) in [7, 11) is 1.93. The van der Waals surface area contributed by atoms with Gasteiger partial charge in [-0.3, -0.25) is 9.59 Å². The smallest absolute Gasteiger partial charge is 0.377 e. The monoisotopic (exact) mass is 386 g/mol. The van der Waals surface area contributed by atoms with Crippen molar-refractivity contribution in [1.82, 2.24) is 0 Å². The number of carbonyl (C=O) groups is 2. The van der Waals surface area contributed by atoms with Crippen molar-refractivity contribution in [2.24, 2.45) is 5.92 Å². The molecule has 27 heavy (non-hydrogen) atoms. The predicted octanol–water partition coefficient (Wildman–Crippen LogP) is 4.03. The summed E-state index contributed by atoms with van der Waals surface area (Å²) in [5.41, 5.74) is 1.08. The lowest BCUT2D eigenvalue weighted by Gasteiger charge is -2.25. The lowest BCUT2D eigenvalue weighted by Crippen LogP contribution is -2.42. The van der Waals surface area contributed by atoms with Crippen molar-refractivity contribution in [2.45, 2.75) is 18.9 Å². The van der Waals surface area contributed by atoms with Crippen LogP contribution in [0.15, 0.2) is 60.7 Å². The fraction of sp³-hybridized carbons (Fsp3) is 0.333. The summed E-state index contributed by atoms with van der Waals surface area (Å²) >= 11 is 0. The first-order valence-electron chi connectivity index (χ1n) is 8.91. The van der Waals surface area contributed by atoms with E-state index < -0.39 is 14.7 Å². The highest BCUT2D eigenvalue weighted by Crippen LogP contribution is 2.24. The summed E-state index contributed by atoms with van der Waals surface area (Å²) in [6.07, 6.45) is 0.996. The third-order valence-electron chi connectivity index (χ3n) is 4.66. The largest absolute Gasteiger partial charge is 0.500 e. The highest BCUT2D eigenvalue weighted by molar-refractivity contribution is 6.60. The Hall–Kier alpha value is -2.12. The van der Waals surface area contributed by atoms with Crippen LogP contribution in [0.1, 0.15) is 33.6 Å². The summed E-state index contributed by atoms with van der Waals surface area (Å²) in [5, 5.41) is 0. The quantitative estimate of drug-likeness (QED) is 0.331. The van der Waals surface area contributed by atoms with Gasteiger partial charge in [-0.1, -0.05) is 60.7 Å². The van der Waals surface area contributed by atoms with Gasteiger partial charge < -0.3 is 13.3 Å². The minimum Gasteiger partial charge on any atom is -0.377 e. The normalized spacial score (nSPS) is 11.6. The highest BCUT2D eigenvalue weighted by atomic mass is 28.4. The molecule has 0 unspecified atom stereocenters. The van der Waals surface area contributed by atoms with Crippen LogP contribution in [-0.4, -0.2) is 41.7 Å². The fourth-order valence-electron chi connectivity index (χ4n) is 3.07. The van der Waals surface area contributed by atoms with Crippen LogP contribution >= 0.6 is 0 Å². The van der Waals surface area contributed by atoms with E-state index in [0.717, 1.165) is 0 Å². The van der Waals surface area contributed by atoms with Gasteiger partial charge in [0.25, 0.3) is 0 Å². The van der Waals surface area contributed by atoms with Crippen molar-refractivity contribution < 1.29 is 22.9 Å². The van der Waals surface area contributed by atoms with Crippen LogP contribution in [0.25, 0.3) is 0 Å². The zero-order valence-electron chi connectivity index (χ0n) is 16.0. The predicted molar refractivity (Wildman–Crippen MR) is 106 cm³/mol. The first-order valence-corrected chi connectivity index (χ1v) is 10.8. The number of carbonyl (C=O) groups excluding carboxylic acids is 2. The van der Waals surface area contributed by atoms with Gasteiger partial charge in [0.2, 0.25) is 0 Å². The second-order valence-corrected chi connectivity index (χ2v) is 9.29. The average Bonchev–Trinajstić information content (AvgIpc) is 2.75. The average molecular weight is 387 g/mol. The lowest BCUT2D eigenvalue weighted by atomic mass is 9.87. The number of hydrogen-bond donors (Lipinski definition) is 0. The Labute approximate surface area is 161 Å². The second kappa shape index (κ2) is 10.3. The van der Waals surface area contributed by atoms with Crippen molar-refractivity contribution in [2.75, 3.05) is 21.3 Å². The topological polar surface area (TPSA) is 61.8 Å². The Balaban J connectivity index is 2.20. The molecule has 0 fully saturated rings. The molecular formula is C21H26O5Si. The minimum absolute atomic E-state index is 0.163. The van der Waals surface area contributed by atoms with Crippen molar-refractivity contribution in [1.29, 1.82) is 0 Å². The van der Waals surface area contributed by atoms with E-state index in [1.807, 2.05) is 12.1 Å². The first-order chi connectivity index (χ1) is 13.1. The molecule has 2 rings (SSSR count). The van der Waals surface area contributed by atoms with Crippen LogP contribution in [0, 0.1) is 5.92 Å². The molecule has 0 saturated heterocycles. The fourth-order valence-corrected chi connectivity index (χ4v) is 4.82. The van der Waals surface area contributed by atoms with Gasteiger partial charge in [-0.05, 0) is 12.8 Å². The Morgan fingerprint density at radius 2 is 1.19 bits per heavy atom. The zero-order valence-corrected chi connectivity index (χ0v) is 17.0. The molecule has 0 atom stereocenters. The van der Waals surface area contributed by atoms with Crippen LogP contribution < -0.4 is 0 Å². The van der Waals surface area contributed by atoms with E-state index in [1.54, 1.807) is 69.9 Å². The Kier molecular flexibility index (Phi) is 8.06. The molecule has 2 aromatic rings. The van der Waals surface area contributed by atoms with Crippen LogP contribution in [0.2, 0.25) is 6.04 Å². The molecule has 0 radical (unpaired) electrons. The molecule has 144 valence electrons. The molecule has 0 aliphatic carbocycles. The van der Waals surface area contributed by atoms with E-state index in [4.69, 9.17) is 13.3 Å². The summed E-state index contributed by atoms with van der Waals surface area (Å²) in [6, 6.07) is 18.4. The summed E-state index contributed by atoms with van der Waals surface area (Å²) in [4.78, 5) is 26.0. The maximum Gasteiger partial charge on any atom is 0.500 e. The van der Waals surface area contributed by atoms with Crippen molar-refractivity contribution in [3.05, 3.63) is 71.8 Å². The minimum atomic E-state index is -2.73. The van der Waals surface area contributed by atoms with E-state index in [0.29, 0.717) is 30.0 Å². The molecule has 5 nitrogen and oxygen atoms in total. The van der Waals surface area contributed by atoms with E-state index in [9.17, 15) is 9.59 Å². The van der Waals surface area contributed by atoms with Gasteiger partial charge in [-0.2, -0.15) is 0 Å². The Morgan fingerprint density at radius 3 is 1.56 bits per heavy atom. The van der Waals surface area contributed by atoms with Gasteiger partial charge in [-0.15, -0.1) is 0 Å². The molecule has 0 heterocycles. The van der Waals surface area contributed by atoms with Crippen molar-refractivity contribution in [3.63, 3.8) is 0 Å². The number of rotatable bonds is 11. The molecule has 0 saturated carbocycles. The van der Waals surface area contributed by atoms with E-state index in [1.165, 1.54) is 0 Å². The van der Waals surface area contributed by atoms with Crippen LogP contribution in [-0.2, 0) is 13.3 Å². The summed E-state index contributed by atoms with van der Waals surface area (Å²) in [6.45, 7) is 0. The number of ketones is 2. The van der Waals surface area contributed by atoms with E-state index >= 15 is 0 Å². The van der Waals surface area contributed by atoms with Crippen molar-refractivity contribution in [3.8, 4) is 0 Å². The van der Waals surface area contributed by atoms with Gasteiger partial charge in [0.05, 0.1) is 5.92 Å². The molecule has 0 bridgehead atoms. The molecule has 6 heteroatoms. The third kappa shape index (κ3) is 5.43. The van der Waals surface area contributed by atoms with Crippen LogP contribution in [0.4, 0.5) is 0 Å². The molecule has 0 amide bonds. The van der Waals surface area contributed by atoms with Gasteiger partial charge >= 0.3 is 8.80 Å². The van der Waals surface area contributed by atoms with Crippen LogP contribution in [0.5, 0.6) is 0 Å². The van der Waals surface area contributed by atoms with Gasteiger partial charge in [-0.25, -0.2) is 0 Å². The number of hydrogen-bond acceptors (Lipinski definition) is 5. The maximum atomic E-state index is 13.0. The molecule has 0 N–H and O–H groups in total. The molecule has 0 aliphatic rings. The maximum absolute atomic E-state index is 13.0. The van der Waals surface area contributed by atoms with Gasteiger partial charge in [0.15, 0.2) is 11.6 Å². The van der Waals surface area contributed by atoms with E-state index in [2.05, 4.69) is 0 Å². The Morgan fingerprint density at radius 1 is 0.778 bits per heavy atom. The Bertz CT molecular complexity index is 669. The first kappa shape index (κ1) is 21.2. The van der Waals surface area contributed by atoms with Crippen LogP contribution in [0.3, 0.4) is 0 Å². The van der Waals surface area contributed by atoms with Gasteiger partial charge in [0, 0.05) is 38.5 Å². The van der Waals surface area contributed by atoms with Crippen molar-refractivity contribution >= 4 is 20.4 Å². The van der Waals surface area contributed by atoms with Gasteiger partial charge in [0.1, 0.15) is 0 Å². The SMILES string of the molecule is CO[Si](CCCC(C(=O)c1ccccc1)C(=O)c1ccccc1)(OC)OC. The molecule has 2 aromatic carbocycles. The summed E-state index contributed by atoms with van der Waals surface area (Å²) < 4.78 is 16.3. The zero-order chi connectivity index (χ0) is 19.7. The number of benzene rings is 2. The third-order valence-corrected chi connectivity index (χ3v) is 7.49. The lowest BCUT2D eigenvalue weighted by molar-refractivity contribution is 0.0792. The van der Waals surface area contributed by atoms with E-state index in [-0.39, 0.29) is 11.6 Å². The molecule has 0 spiro atoms. The summed E-state index contributed by atoms with van der Waals surface area (Å²) in [5.74, 6) is -1.07. The second-order valence-electron chi connectivity index (χ2n) is 6.20. The molecule has 0 aromatic heterocycles. The standard InChI is InChI=1S/C21H26O5Si/c1-24-27(25-2,26-3)16-10-15-19(20(22)17-11-6-4-7-12-17)21(23)18-13-8-5-9-14-18/h4-9,11-14,19H,10,15-16H2,1-3H3. The highest BCUT2D eigenvalue weighted by Gasteiger charge is 2.38. The molecule has 0 aliphatic heterocycles.